The van der Waals surface area contributed by atoms with Crippen LogP contribution in [0.15, 0.2) is 24.0 Å². The zero-order valence-corrected chi connectivity index (χ0v) is 20.0. The number of aliphatic hydroxyl groups is 1. The Labute approximate surface area is 198 Å². The molecule has 0 spiro atoms. The van der Waals surface area contributed by atoms with Crippen LogP contribution in [-0.4, -0.2) is 48.0 Å². The van der Waals surface area contributed by atoms with E-state index < -0.39 is 16.4 Å². The van der Waals surface area contributed by atoms with Crippen LogP contribution in [0.5, 0.6) is 0 Å². The van der Waals surface area contributed by atoms with E-state index in [0.29, 0.717) is 35.0 Å². The highest BCUT2D eigenvalue weighted by Gasteiger charge is 2.34. The summed E-state index contributed by atoms with van der Waals surface area (Å²) in [5.41, 5.74) is 1.58. The first-order chi connectivity index (χ1) is 15.8. The first-order valence-corrected chi connectivity index (χ1v) is 13.7. The van der Waals surface area contributed by atoms with Crippen molar-refractivity contribution in [1.29, 1.82) is 0 Å². The minimum Gasteiger partial charge on any atom is -0.393 e. The van der Waals surface area contributed by atoms with Crippen LogP contribution in [0.3, 0.4) is 0 Å². The Morgan fingerprint density at radius 2 is 2.06 bits per heavy atom. The fourth-order valence-corrected chi connectivity index (χ4v) is 6.09. The molecule has 0 bridgehead atoms. The van der Waals surface area contributed by atoms with Crippen molar-refractivity contribution in [3.8, 4) is 0 Å². The molecule has 1 unspecified atom stereocenters. The van der Waals surface area contributed by atoms with Gasteiger partial charge in [0, 0.05) is 18.2 Å². The highest BCUT2D eigenvalue weighted by atomic mass is 32.2. The average Bonchev–Trinajstić information content (AvgIpc) is 3.38. The monoisotopic (exact) mass is 494 g/mol. The minimum atomic E-state index is -4.06. The van der Waals surface area contributed by atoms with Crippen LogP contribution in [0.4, 0.5) is 5.82 Å². The molecule has 0 radical (unpaired) electrons. The van der Waals surface area contributed by atoms with Gasteiger partial charge in [0.25, 0.3) is 0 Å². The molecule has 0 saturated heterocycles. The third kappa shape index (κ3) is 6.57. The molecule has 2 aromatic rings. The number of thiophene rings is 1. The van der Waals surface area contributed by atoms with Crippen molar-refractivity contribution in [3.05, 3.63) is 40.0 Å². The number of nitrogens with zero attached hydrogens (tertiary/aromatic N) is 2. The molecule has 0 amide bonds. The maximum Gasteiger partial charge on any atom is 0.333 e. The van der Waals surface area contributed by atoms with Gasteiger partial charge in [-0.2, -0.15) is 8.42 Å². The second-order valence-corrected chi connectivity index (χ2v) is 11.2. The van der Waals surface area contributed by atoms with Crippen LogP contribution in [0.25, 0.3) is 0 Å². The zero-order valence-electron chi connectivity index (χ0n) is 18.4. The lowest BCUT2D eigenvalue weighted by molar-refractivity contribution is 0.101. The van der Waals surface area contributed by atoms with Gasteiger partial charge in [-0.25, -0.2) is 15.1 Å². The van der Waals surface area contributed by atoms with Crippen molar-refractivity contribution in [3.63, 3.8) is 0 Å². The van der Waals surface area contributed by atoms with E-state index in [2.05, 4.69) is 24.8 Å². The number of hydrogen-bond acceptors (Lipinski definition) is 9. The smallest absolute Gasteiger partial charge is 0.333 e. The van der Waals surface area contributed by atoms with E-state index in [4.69, 9.17) is 5.14 Å². The van der Waals surface area contributed by atoms with Crippen LogP contribution in [0.1, 0.15) is 65.7 Å². The molecule has 33 heavy (non-hydrogen) atoms. The summed E-state index contributed by atoms with van der Waals surface area (Å²) in [7, 11) is -4.06. The fraction of sp³-hybridized carbons (Fsp3) is 0.591. The number of aliphatic hydroxyl groups excluding tert-OH is 1. The van der Waals surface area contributed by atoms with Crippen molar-refractivity contribution >= 4 is 33.2 Å². The van der Waals surface area contributed by atoms with Crippen molar-refractivity contribution in [2.24, 2.45) is 17.0 Å². The van der Waals surface area contributed by atoms with Crippen LogP contribution in [-0.2, 0) is 20.9 Å². The SMILES string of the molecule is NS(=O)(=O)OC[C@H]1CC(Nc2ncncc2C(=O)c2cc(CC3CCCCC3)cs2)C[C@@H]1O. The lowest BCUT2D eigenvalue weighted by Crippen LogP contribution is -2.24. The minimum absolute atomic E-state index is 0.134. The number of ketones is 1. The van der Waals surface area contributed by atoms with Gasteiger partial charge in [0.1, 0.15) is 12.1 Å². The van der Waals surface area contributed by atoms with Gasteiger partial charge in [-0.1, -0.05) is 32.1 Å². The quantitative estimate of drug-likeness (QED) is 0.451. The Hall–Kier alpha value is -1.92. The number of aromatic nitrogens is 2. The van der Waals surface area contributed by atoms with Gasteiger partial charge in [-0.05, 0) is 42.2 Å². The molecule has 11 heteroatoms. The summed E-state index contributed by atoms with van der Waals surface area (Å²) in [6.45, 7) is -0.188. The maximum atomic E-state index is 13.2. The number of nitrogens with two attached hydrogens (primary N) is 1. The van der Waals surface area contributed by atoms with Crippen molar-refractivity contribution in [2.45, 2.75) is 63.5 Å². The largest absolute Gasteiger partial charge is 0.393 e. The topological polar surface area (TPSA) is 144 Å². The summed E-state index contributed by atoms with van der Waals surface area (Å²) >= 11 is 1.44. The number of hydrogen-bond donors (Lipinski definition) is 3. The van der Waals surface area contributed by atoms with Gasteiger partial charge in [0.15, 0.2) is 0 Å². The fourth-order valence-electron chi connectivity index (χ4n) is 4.85. The number of carbonyl (C=O) groups excluding carboxylic acids is 1. The molecule has 2 aliphatic rings. The third-order valence-electron chi connectivity index (χ3n) is 6.53. The molecule has 9 nitrogen and oxygen atoms in total. The van der Waals surface area contributed by atoms with Gasteiger partial charge in [0.05, 0.1) is 23.2 Å². The first-order valence-electron chi connectivity index (χ1n) is 11.3. The molecule has 2 aliphatic carbocycles. The van der Waals surface area contributed by atoms with Crippen LogP contribution in [0.2, 0.25) is 0 Å². The van der Waals surface area contributed by atoms with E-state index in [9.17, 15) is 18.3 Å². The molecule has 180 valence electrons. The Kier molecular flexibility index (Phi) is 7.75. The van der Waals surface area contributed by atoms with Crippen molar-refractivity contribution < 1.29 is 22.5 Å². The van der Waals surface area contributed by atoms with Gasteiger partial charge in [-0.3, -0.25) is 8.98 Å². The van der Waals surface area contributed by atoms with Crippen LogP contribution >= 0.6 is 11.3 Å². The van der Waals surface area contributed by atoms with Crippen LogP contribution < -0.4 is 10.5 Å². The van der Waals surface area contributed by atoms with E-state index >= 15 is 0 Å². The number of rotatable bonds is 9. The summed E-state index contributed by atoms with van der Waals surface area (Å²) in [6.07, 6.45) is 10.4. The molecular formula is C22H30N4O5S2. The summed E-state index contributed by atoms with van der Waals surface area (Å²) in [5.74, 6) is 0.586. The zero-order chi connectivity index (χ0) is 23.4. The normalized spacial score (nSPS) is 24.1. The molecule has 4 rings (SSSR count). The molecule has 0 aliphatic heterocycles. The molecule has 4 N–H and O–H groups in total. The van der Waals surface area contributed by atoms with Gasteiger partial charge in [-0.15, -0.1) is 11.3 Å². The molecule has 2 saturated carbocycles. The number of carbonyl (C=O) groups is 1. The van der Waals surface area contributed by atoms with Gasteiger partial charge >= 0.3 is 10.3 Å². The lowest BCUT2D eigenvalue weighted by Gasteiger charge is -2.20. The summed E-state index contributed by atoms with van der Waals surface area (Å²) in [6, 6.07) is 1.79. The Bertz CT molecular complexity index is 1070. The van der Waals surface area contributed by atoms with E-state index in [1.54, 1.807) is 0 Å². The molecule has 0 aromatic carbocycles. The Morgan fingerprint density at radius 3 is 2.82 bits per heavy atom. The van der Waals surface area contributed by atoms with E-state index in [0.717, 1.165) is 6.42 Å². The highest BCUT2D eigenvalue weighted by molar-refractivity contribution is 7.84. The Balaban J connectivity index is 1.41. The van der Waals surface area contributed by atoms with Gasteiger partial charge in [0.2, 0.25) is 5.78 Å². The first kappa shape index (κ1) is 24.2. The van der Waals surface area contributed by atoms with E-state index in [1.807, 2.05) is 6.07 Å². The predicted octanol–water partition coefficient (Wildman–Crippen LogP) is 2.66. The second kappa shape index (κ2) is 10.6. The van der Waals surface area contributed by atoms with Crippen molar-refractivity contribution in [1.82, 2.24) is 9.97 Å². The maximum absolute atomic E-state index is 13.2. The molecule has 2 heterocycles. The summed E-state index contributed by atoms with van der Waals surface area (Å²) in [5, 5.41) is 20.5. The third-order valence-corrected chi connectivity index (χ3v) is 7.97. The number of anilines is 1. The summed E-state index contributed by atoms with van der Waals surface area (Å²) < 4.78 is 26.7. The molecule has 2 aromatic heterocycles. The van der Waals surface area contributed by atoms with E-state index in [-0.39, 0.29) is 24.3 Å². The predicted molar refractivity (Wildman–Crippen MR) is 125 cm³/mol. The standard InChI is InChI=1S/C22H30N4O5S2/c23-33(29,30)31-11-16-8-17(9-19(16)27)26-22-18(10-24-13-25-22)21(28)20-7-15(12-32-20)6-14-4-2-1-3-5-14/h7,10,12-14,16-17,19,27H,1-6,8-9,11H2,(H2,23,29,30)(H,24,25,26)/t16-,17?,19+/m1/s1. The van der Waals surface area contributed by atoms with Gasteiger partial charge < -0.3 is 10.4 Å². The lowest BCUT2D eigenvalue weighted by atomic mass is 9.85. The van der Waals surface area contributed by atoms with Crippen molar-refractivity contribution in [2.75, 3.05) is 11.9 Å². The van der Waals surface area contributed by atoms with Crippen LogP contribution in [0, 0.1) is 11.8 Å². The average molecular weight is 495 g/mol. The number of nitrogens with one attached hydrogen (secondary N) is 1. The molecule has 2 fully saturated rings. The molecule has 3 atom stereocenters. The molecular weight excluding hydrogens is 464 g/mol. The van der Waals surface area contributed by atoms with E-state index in [1.165, 1.54) is 61.5 Å². The highest BCUT2D eigenvalue weighted by Crippen LogP contribution is 2.32. The Morgan fingerprint density at radius 1 is 1.27 bits per heavy atom. The summed E-state index contributed by atoms with van der Waals surface area (Å²) in [4.78, 5) is 22.2. The second-order valence-electron chi connectivity index (χ2n) is 9.06.